The third kappa shape index (κ3) is 4.49. The van der Waals surface area contributed by atoms with Gasteiger partial charge in [0.15, 0.2) is 5.58 Å². The largest absolute Gasteiger partial charge is 0.454 e. The summed E-state index contributed by atoms with van der Waals surface area (Å²) in [6, 6.07) is 56.0. The Kier molecular flexibility index (Phi) is 5.66. The normalized spacial score (nSPS) is 13.3. The van der Waals surface area contributed by atoms with Crippen LogP contribution >= 0.6 is 11.3 Å². The molecule has 4 heterocycles. The smallest absolute Gasteiger partial charge is 0.159 e. The maximum atomic E-state index is 8.80. The molecule has 0 radical (unpaired) electrons. The highest BCUT2D eigenvalue weighted by Gasteiger charge is 2.20. The van der Waals surface area contributed by atoms with Crippen molar-refractivity contribution >= 4 is 97.1 Å². The summed E-state index contributed by atoms with van der Waals surface area (Å²) in [5, 5.41) is 8.67. The second-order valence-electron chi connectivity index (χ2n) is 14.9. The number of furan rings is 1. The Balaban J connectivity index is 0.979. The predicted octanol–water partition coefficient (Wildman–Crippen LogP) is 15.5. The molecule has 0 N–H and O–H groups in total. The third-order valence-electron chi connectivity index (χ3n) is 11.8. The lowest BCUT2D eigenvalue weighted by molar-refractivity contribution is 0.666. The summed E-state index contributed by atoms with van der Waals surface area (Å²) in [4.78, 5) is 0. The first-order chi connectivity index (χ1) is 30.8. The van der Waals surface area contributed by atoms with Crippen LogP contribution in [0.5, 0.6) is 0 Å². The van der Waals surface area contributed by atoms with E-state index < -0.39 is 6.04 Å². The molecule has 0 spiro atoms. The molecule has 13 rings (SSSR count). The quantitative estimate of drug-likeness (QED) is 0.175. The number of hydrogen-bond acceptors (Lipinski definition) is 2. The molecule has 9 aromatic carbocycles. The van der Waals surface area contributed by atoms with E-state index in [1.165, 1.54) is 5.39 Å². The Morgan fingerprint density at radius 1 is 0.431 bits per heavy atom. The van der Waals surface area contributed by atoms with E-state index in [9.17, 15) is 0 Å². The SMILES string of the molecule is [2H]c1c([2H])c([2H])c(-c2cccc3sc4ccc(-n5c6ccccc6c6cc(-c7ccc8c(c7)c7ccccc7n8-c7cccc8c7oc7ccccc78)ccc65)cc4c23)c([2H])c1[2H]. The zero-order chi connectivity index (χ0) is 42.2. The molecule has 0 aliphatic rings. The van der Waals surface area contributed by atoms with Crippen LogP contribution in [0, 0.1) is 0 Å². The van der Waals surface area contributed by atoms with Crippen molar-refractivity contribution in [2.24, 2.45) is 0 Å². The fourth-order valence-electron chi connectivity index (χ4n) is 9.30. The first-order valence-electron chi connectivity index (χ1n) is 21.8. The zero-order valence-corrected chi connectivity index (χ0v) is 31.6. The topological polar surface area (TPSA) is 23.0 Å². The van der Waals surface area contributed by atoms with Crippen molar-refractivity contribution in [1.29, 1.82) is 0 Å². The van der Waals surface area contributed by atoms with Crippen LogP contribution in [0.15, 0.2) is 198 Å². The minimum atomic E-state index is -0.394. The van der Waals surface area contributed by atoms with Gasteiger partial charge < -0.3 is 13.6 Å². The summed E-state index contributed by atoms with van der Waals surface area (Å²) in [6.45, 7) is 0. The Labute approximate surface area is 343 Å². The molecular weight excluding hydrogens is 725 g/mol. The standard InChI is InChI=1S/C54H32N2OS/c1-2-12-33(13-3-1)37-17-11-23-52-53(37)44-32-36(26-29-51(44)58-52)55-45-19-7-4-14-38(45)42-30-34(24-27-47(42)55)35-25-28-48-43(31-35)39-15-5-8-20-46(39)56(48)49-21-10-18-41-40-16-6-9-22-50(40)57-54(41)49/h1-32H/i1D,2D,3D,12D,13D. The molecule has 0 aliphatic carbocycles. The van der Waals surface area contributed by atoms with Crippen LogP contribution in [0.2, 0.25) is 0 Å². The zero-order valence-electron chi connectivity index (χ0n) is 35.8. The van der Waals surface area contributed by atoms with Crippen molar-refractivity contribution < 1.29 is 11.3 Å². The second kappa shape index (κ2) is 12.1. The molecular formula is C54H32N2OS. The average Bonchev–Trinajstić information content (AvgIpc) is 4.08. The monoisotopic (exact) mass is 761 g/mol. The first-order valence-corrected chi connectivity index (χ1v) is 20.2. The van der Waals surface area contributed by atoms with Gasteiger partial charge in [0.1, 0.15) is 5.58 Å². The predicted molar refractivity (Wildman–Crippen MR) is 246 cm³/mol. The number of hydrogen-bond donors (Lipinski definition) is 0. The lowest BCUT2D eigenvalue weighted by Crippen LogP contribution is -1.94. The van der Waals surface area contributed by atoms with Crippen LogP contribution in [0.25, 0.3) is 119 Å². The van der Waals surface area contributed by atoms with Crippen molar-refractivity contribution in [1.82, 2.24) is 9.13 Å². The molecule has 0 saturated heterocycles. The molecule has 3 nitrogen and oxygen atoms in total. The van der Waals surface area contributed by atoms with Crippen LogP contribution in [0.3, 0.4) is 0 Å². The van der Waals surface area contributed by atoms with Crippen LogP contribution < -0.4 is 0 Å². The molecule has 4 heteroatoms. The van der Waals surface area contributed by atoms with Crippen molar-refractivity contribution in [3.63, 3.8) is 0 Å². The summed E-state index contributed by atoms with van der Waals surface area (Å²) < 4.78 is 55.8. The van der Waals surface area contributed by atoms with Crippen molar-refractivity contribution in [2.45, 2.75) is 0 Å². The van der Waals surface area contributed by atoms with Crippen molar-refractivity contribution in [2.75, 3.05) is 0 Å². The fraction of sp³-hybridized carbons (Fsp3) is 0. The van der Waals surface area contributed by atoms with Gasteiger partial charge in [0.2, 0.25) is 0 Å². The lowest BCUT2D eigenvalue weighted by Gasteiger charge is -2.10. The van der Waals surface area contributed by atoms with E-state index in [4.69, 9.17) is 11.3 Å². The minimum Gasteiger partial charge on any atom is -0.454 e. The van der Waals surface area contributed by atoms with Crippen LogP contribution in [0.1, 0.15) is 6.85 Å². The first kappa shape index (κ1) is 27.2. The molecule has 4 aromatic heterocycles. The van der Waals surface area contributed by atoms with Gasteiger partial charge in [0.05, 0.1) is 34.6 Å². The Morgan fingerprint density at radius 3 is 1.84 bits per heavy atom. The van der Waals surface area contributed by atoms with E-state index in [0.717, 1.165) is 103 Å². The molecule has 58 heavy (non-hydrogen) atoms. The lowest BCUT2D eigenvalue weighted by atomic mass is 9.99. The van der Waals surface area contributed by atoms with Gasteiger partial charge in [0.25, 0.3) is 0 Å². The highest BCUT2D eigenvalue weighted by atomic mass is 32.1. The highest BCUT2D eigenvalue weighted by molar-refractivity contribution is 7.26. The fourth-order valence-corrected chi connectivity index (χ4v) is 10.4. The molecule has 0 atom stereocenters. The summed E-state index contributed by atoms with van der Waals surface area (Å²) in [7, 11) is 0. The van der Waals surface area contributed by atoms with E-state index in [-0.39, 0.29) is 29.7 Å². The number of fused-ring (bicyclic) bond motifs is 12. The molecule has 0 aliphatic heterocycles. The highest BCUT2D eigenvalue weighted by Crippen LogP contribution is 2.43. The Bertz CT molecular complexity index is 4090. The molecule has 0 amide bonds. The number of para-hydroxylation sites is 4. The maximum Gasteiger partial charge on any atom is 0.159 e. The third-order valence-corrected chi connectivity index (χ3v) is 12.9. The van der Waals surface area contributed by atoms with E-state index >= 15 is 0 Å². The molecule has 0 bridgehead atoms. The number of rotatable bonds is 4. The Morgan fingerprint density at radius 2 is 1.07 bits per heavy atom. The van der Waals surface area contributed by atoms with Gasteiger partial charge >= 0.3 is 0 Å². The number of nitrogens with zero attached hydrogens (tertiary/aromatic N) is 2. The van der Waals surface area contributed by atoms with Gasteiger partial charge in [-0.3, -0.25) is 0 Å². The summed E-state index contributed by atoms with van der Waals surface area (Å²) >= 11 is 1.64. The van der Waals surface area contributed by atoms with Crippen LogP contribution in [0.4, 0.5) is 0 Å². The van der Waals surface area contributed by atoms with E-state index in [1.807, 2.05) is 30.3 Å². The molecule has 0 saturated carbocycles. The average molecular weight is 762 g/mol. The molecule has 270 valence electrons. The van der Waals surface area contributed by atoms with Gasteiger partial charge in [-0.2, -0.15) is 0 Å². The van der Waals surface area contributed by atoms with Crippen molar-refractivity contribution in [3.05, 3.63) is 194 Å². The molecule has 13 aromatic rings. The summed E-state index contributed by atoms with van der Waals surface area (Å²) in [5.41, 5.74) is 11.2. The van der Waals surface area contributed by atoms with Crippen LogP contribution in [-0.2, 0) is 0 Å². The summed E-state index contributed by atoms with van der Waals surface area (Å²) in [5.74, 6) is 0. The maximum absolute atomic E-state index is 8.80. The van der Waals surface area contributed by atoms with Crippen molar-refractivity contribution in [3.8, 4) is 33.6 Å². The summed E-state index contributed by atoms with van der Waals surface area (Å²) in [6.07, 6.45) is 0. The Hall–Kier alpha value is -7.40. The number of benzene rings is 9. The minimum absolute atomic E-state index is 0.201. The van der Waals surface area contributed by atoms with Gasteiger partial charge in [-0.1, -0.05) is 121 Å². The number of thiophene rings is 1. The van der Waals surface area contributed by atoms with Gasteiger partial charge in [-0.05, 0) is 95.1 Å². The van der Waals surface area contributed by atoms with Gasteiger partial charge in [-0.25, -0.2) is 0 Å². The van der Waals surface area contributed by atoms with Gasteiger partial charge in [-0.15, -0.1) is 11.3 Å². The second-order valence-corrected chi connectivity index (χ2v) is 16.0. The van der Waals surface area contributed by atoms with E-state index in [2.05, 4.69) is 143 Å². The van der Waals surface area contributed by atoms with Crippen LogP contribution in [-0.4, -0.2) is 9.13 Å². The van der Waals surface area contributed by atoms with Gasteiger partial charge in [0, 0.05) is 58.2 Å². The number of aromatic nitrogens is 2. The van der Waals surface area contributed by atoms with E-state index in [1.54, 1.807) is 11.3 Å². The molecule has 0 unspecified atom stereocenters. The molecule has 0 fully saturated rings. The van der Waals surface area contributed by atoms with E-state index in [0.29, 0.717) is 5.56 Å².